The first kappa shape index (κ1) is 11.5. The maximum Gasteiger partial charge on any atom is 0.303 e. The highest BCUT2D eigenvalue weighted by Crippen LogP contribution is 2.18. The molecule has 0 bridgehead atoms. The summed E-state index contributed by atoms with van der Waals surface area (Å²) in [5.74, 6) is -0.379. The molecule has 1 saturated heterocycles. The molecule has 2 unspecified atom stereocenters. The highest BCUT2D eigenvalue weighted by molar-refractivity contribution is 5.67. The maximum atomic E-state index is 10.6. The van der Waals surface area contributed by atoms with Gasteiger partial charge in [0.1, 0.15) is 0 Å². The van der Waals surface area contributed by atoms with E-state index in [-0.39, 0.29) is 0 Å². The molecule has 4 nitrogen and oxygen atoms in total. The first-order valence-corrected chi connectivity index (χ1v) is 5.25. The van der Waals surface area contributed by atoms with Crippen LogP contribution in [0.25, 0.3) is 0 Å². The summed E-state index contributed by atoms with van der Waals surface area (Å²) in [7, 11) is 2.05. The molecule has 4 heteroatoms. The number of hydrogen-bond acceptors (Lipinski definition) is 3. The van der Waals surface area contributed by atoms with Crippen LogP contribution in [0.2, 0.25) is 0 Å². The minimum atomic E-state index is -0.680. The number of nitrogens with one attached hydrogen (secondary N) is 1. The Labute approximate surface area is 85.3 Å². The van der Waals surface area contributed by atoms with Gasteiger partial charge >= 0.3 is 5.97 Å². The summed E-state index contributed by atoms with van der Waals surface area (Å²) in [4.78, 5) is 12.8. The zero-order chi connectivity index (χ0) is 10.6. The fourth-order valence-electron chi connectivity index (χ4n) is 2.27. The second-order valence-corrected chi connectivity index (χ2v) is 4.18. The number of carboxylic acid groups (broad SMARTS) is 1. The van der Waals surface area contributed by atoms with Gasteiger partial charge in [0.05, 0.1) is 0 Å². The van der Waals surface area contributed by atoms with E-state index in [9.17, 15) is 4.79 Å². The third kappa shape index (κ3) is 3.64. The van der Waals surface area contributed by atoms with Crippen LogP contribution in [0.4, 0.5) is 0 Å². The molecule has 82 valence electrons. The van der Waals surface area contributed by atoms with Gasteiger partial charge in [-0.05, 0) is 25.9 Å². The molecule has 2 atom stereocenters. The van der Waals surface area contributed by atoms with E-state index in [0.29, 0.717) is 18.4 Å². The van der Waals surface area contributed by atoms with E-state index in [1.54, 1.807) is 0 Å². The third-order valence-electron chi connectivity index (χ3n) is 2.68. The lowest BCUT2D eigenvalue weighted by molar-refractivity contribution is -0.138. The van der Waals surface area contributed by atoms with E-state index in [4.69, 9.17) is 5.11 Å². The molecule has 0 aromatic carbocycles. The summed E-state index contributed by atoms with van der Waals surface area (Å²) in [6, 6.07) is 0.461. The topological polar surface area (TPSA) is 52.6 Å². The van der Waals surface area contributed by atoms with E-state index in [1.165, 1.54) is 0 Å². The van der Waals surface area contributed by atoms with Gasteiger partial charge in [-0.2, -0.15) is 0 Å². The monoisotopic (exact) mass is 200 g/mol. The van der Waals surface area contributed by atoms with Crippen LogP contribution in [0.3, 0.4) is 0 Å². The van der Waals surface area contributed by atoms with E-state index in [2.05, 4.69) is 24.2 Å². The van der Waals surface area contributed by atoms with Gasteiger partial charge in [-0.15, -0.1) is 0 Å². The average molecular weight is 200 g/mol. The van der Waals surface area contributed by atoms with Crippen LogP contribution in [0.5, 0.6) is 0 Å². The van der Waals surface area contributed by atoms with Crippen molar-refractivity contribution in [1.82, 2.24) is 10.2 Å². The molecule has 0 aromatic heterocycles. The number of rotatable bonds is 4. The zero-order valence-electron chi connectivity index (χ0n) is 8.99. The van der Waals surface area contributed by atoms with Crippen LogP contribution >= 0.6 is 0 Å². The van der Waals surface area contributed by atoms with E-state index >= 15 is 0 Å². The Hall–Kier alpha value is -0.610. The summed E-state index contributed by atoms with van der Waals surface area (Å²) in [6.07, 6.45) is 1.29. The first-order chi connectivity index (χ1) is 6.61. The minimum absolute atomic E-state index is 0.298. The van der Waals surface area contributed by atoms with Crippen molar-refractivity contribution in [1.29, 1.82) is 0 Å². The van der Waals surface area contributed by atoms with Crippen molar-refractivity contribution in [2.45, 2.75) is 25.8 Å². The van der Waals surface area contributed by atoms with Gasteiger partial charge in [-0.3, -0.25) is 4.79 Å². The largest absolute Gasteiger partial charge is 0.481 e. The second kappa shape index (κ2) is 5.32. The standard InChI is InChI=1S/C10H20N2O2/c1-3-11-9-4-8(5-10(13)14)6-12(2)7-9/h8-9,11H,3-7H2,1-2H3,(H,13,14). The molecule has 1 fully saturated rings. The van der Waals surface area contributed by atoms with Crippen LogP contribution < -0.4 is 5.32 Å². The number of likely N-dealkylation sites (N-methyl/N-ethyl adjacent to an activating group) is 2. The number of aliphatic carboxylic acids is 1. The Morgan fingerprint density at radius 1 is 1.57 bits per heavy atom. The van der Waals surface area contributed by atoms with Gasteiger partial charge in [-0.1, -0.05) is 6.92 Å². The number of hydrogen-bond donors (Lipinski definition) is 2. The van der Waals surface area contributed by atoms with E-state index < -0.39 is 5.97 Å². The van der Waals surface area contributed by atoms with Gasteiger partial charge in [0.25, 0.3) is 0 Å². The van der Waals surface area contributed by atoms with Gasteiger partial charge in [-0.25, -0.2) is 0 Å². The maximum absolute atomic E-state index is 10.6. The molecule has 1 aliphatic rings. The van der Waals surface area contributed by atoms with Crippen molar-refractivity contribution in [2.24, 2.45) is 5.92 Å². The number of carboxylic acids is 1. The molecule has 1 heterocycles. The molecule has 2 N–H and O–H groups in total. The van der Waals surface area contributed by atoms with E-state index in [1.807, 2.05) is 0 Å². The Bertz CT molecular complexity index is 197. The van der Waals surface area contributed by atoms with Crippen LogP contribution in [0, 0.1) is 5.92 Å². The minimum Gasteiger partial charge on any atom is -0.481 e. The molecule has 1 rings (SSSR count). The lowest BCUT2D eigenvalue weighted by Crippen LogP contribution is -2.47. The molecule has 0 aliphatic carbocycles. The SMILES string of the molecule is CCNC1CC(CC(=O)O)CN(C)C1. The van der Waals surface area contributed by atoms with Crippen molar-refractivity contribution in [3.05, 3.63) is 0 Å². The zero-order valence-corrected chi connectivity index (χ0v) is 8.99. The molecule has 0 aromatic rings. The van der Waals surface area contributed by atoms with Gasteiger partial charge in [0.2, 0.25) is 0 Å². The van der Waals surface area contributed by atoms with Crippen LogP contribution in [-0.2, 0) is 4.79 Å². The van der Waals surface area contributed by atoms with Gasteiger partial charge in [0, 0.05) is 25.6 Å². The Kier molecular flexibility index (Phi) is 4.35. The fourth-order valence-corrected chi connectivity index (χ4v) is 2.27. The fraction of sp³-hybridized carbons (Fsp3) is 0.900. The predicted octanol–water partition coefficient (Wildman–Crippen LogP) is 0.391. The number of piperidine rings is 1. The first-order valence-electron chi connectivity index (χ1n) is 5.25. The summed E-state index contributed by atoms with van der Waals surface area (Å²) in [6.45, 7) is 4.98. The third-order valence-corrected chi connectivity index (χ3v) is 2.68. The second-order valence-electron chi connectivity index (χ2n) is 4.18. The van der Waals surface area contributed by atoms with Crippen molar-refractivity contribution in [3.8, 4) is 0 Å². The number of nitrogens with zero attached hydrogens (tertiary/aromatic N) is 1. The highest BCUT2D eigenvalue weighted by atomic mass is 16.4. The number of carbonyl (C=O) groups is 1. The van der Waals surface area contributed by atoms with E-state index in [0.717, 1.165) is 26.1 Å². The van der Waals surface area contributed by atoms with Gasteiger partial charge < -0.3 is 15.3 Å². The van der Waals surface area contributed by atoms with Gasteiger partial charge in [0.15, 0.2) is 0 Å². The van der Waals surface area contributed by atoms with Crippen molar-refractivity contribution >= 4 is 5.97 Å². The Morgan fingerprint density at radius 3 is 2.86 bits per heavy atom. The lowest BCUT2D eigenvalue weighted by atomic mass is 9.92. The normalized spacial score (nSPS) is 29.0. The lowest BCUT2D eigenvalue weighted by Gasteiger charge is -2.35. The molecule has 0 amide bonds. The average Bonchev–Trinajstić information content (AvgIpc) is 2.01. The summed E-state index contributed by atoms with van der Waals surface area (Å²) >= 11 is 0. The van der Waals surface area contributed by atoms with Crippen LogP contribution in [0.15, 0.2) is 0 Å². The quantitative estimate of drug-likeness (QED) is 0.689. The molecular weight excluding hydrogens is 180 g/mol. The Morgan fingerprint density at radius 2 is 2.29 bits per heavy atom. The van der Waals surface area contributed by atoms with Crippen molar-refractivity contribution < 1.29 is 9.90 Å². The summed E-state index contributed by atoms with van der Waals surface area (Å²) < 4.78 is 0. The smallest absolute Gasteiger partial charge is 0.303 e. The van der Waals surface area contributed by atoms with Crippen LogP contribution in [0.1, 0.15) is 19.8 Å². The molecule has 1 aliphatic heterocycles. The molecular formula is C10H20N2O2. The van der Waals surface area contributed by atoms with Crippen molar-refractivity contribution in [3.63, 3.8) is 0 Å². The molecule has 0 saturated carbocycles. The molecule has 0 radical (unpaired) electrons. The van der Waals surface area contributed by atoms with Crippen molar-refractivity contribution in [2.75, 3.05) is 26.7 Å². The Balaban J connectivity index is 2.41. The predicted molar refractivity (Wildman–Crippen MR) is 55.3 cm³/mol. The molecule has 14 heavy (non-hydrogen) atoms. The van der Waals surface area contributed by atoms with Crippen LogP contribution in [-0.4, -0.2) is 48.7 Å². The highest BCUT2D eigenvalue weighted by Gasteiger charge is 2.25. The summed E-state index contributed by atoms with van der Waals surface area (Å²) in [5.41, 5.74) is 0. The molecule has 0 spiro atoms. The number of likely N-dealkylation sites (tertiary alicyclic amines) is 1. The summed E-state index contributed by atoms with van der Waals surface area (Å²) in [5, 5.41) is 12.1.